The third-order valence-electron chi connectivity index (χ3n) is 2.22. The summed E-state index contributed by atoms with van der Waals surface area (Å²) in [5.74, 6) is 0. The summed E-state index contributed by atoms with van der Waals surface area (Å²) in [7, 11) is 0. The van der Waals surface area contributed by atoms with Gasteiger partial charge in [-0.15, -0.1) is 0 Å². The van der Waals surface area contributed by atoms with E-state index in [-0.39, 0.29) is 5.66 Å². The standard InChI is InChI=1S/C6H13N3/c1-2-6(8-3-1)4-7-5-9-6/h7-9H,1-5H2. The molecule has 2 aliphatic rings. The van der Waals surface area contributed by atoms with Gasteiger partial charge in [-0.05, 0) is 19.4 Å². The molecule has 0 bridgehead atoms. The smallest absolute Gasteiger partial charge is 0.0826 e. The average Bonchev–Trinajstić information content (AvgIpc) is 2.45. The molecule has 1 unspecified atom stereocenters. The van der Waals surface area contributed by atoms with Crippen LogP contribution in [0, 0.1) is 0 Å². The number of hydrogen-bond acceptors (Lipinski definition) is 3. The van der Waals surface area contributed by atoms with Gasteiger partial charge in [-0.2, -0.15) is 0 Å². The van der Waals surface area contributed by atoms with Crippen molar-refractivity contribution in [3.05, 3.63) is 0 Å². The molecule has 9 heavy (non-hydrogen) atoms. The van der Waals surface area contributed by atoms with Crippen molar-refractivity contribution in [3.8, 4) is 0 Å². The SMILES string of the molecule is C1CNC2(C1)CNCN2. The lowest BCUT2D eigenvalue weighted by atomic mass is 10.1. The Morgan fingerprint density at radius 1 is 1.22 bits per heavy atom. The van der Waals surface area contributed by atoms with E-state index in [2.05, 4.69) is 16.0 Å². The maximum absolute atomic E-state index is 3.46. The zero-order valence-electron chi connectivity index (χ0n) is 5.54. The molecule has 3 nitrogen and oxygen atoms in total. The lowest BCUT2D eigenvalue weighted by Gasteiger charge is -2.21. The van der Waals surface area contributed by atoms with Crippen LogP contribution in [0.3, 0.4) is 0 Å². The zero-order chi connectivity index (χ0) is 6.16. The fourth-order valence-electron chi connectivity index (χ4n) is 1.68. The second-order valence-electron chi connectivity index (χ2n) is 2.89. The van der Waals surface area contributed by atoms with Crippen molar-refractivity contribution in [2.45, 2.75) is 18.5 Å². The van der Waals surface area contributed by atoms with E-state index >= 15 is 0 Å². The summed E-state index contributed by atoms with van der Waals surface area (Å²) in [5, 5.41) is 10.1. The molecule has 52 valence electrons. The highest BCUT2D eigenvalue weighted by Gasteiger charge is 2.35. The van der Waals surface area contributed by atoms with Crippen molar-refractivity contribution < 1.29 is 0 Å². The van der Waals surface area contributed by atoms with Crippen molar-refractivity contribution in [2.75, 3.05) is 19.8 Å². The van der Waals surface area contributed by atoms with Gasteiger partial charge in [-0.25, -0.2) is 0 Å². The zero-order valence-corrected chi connectivity index (χ0v) is 5.54. The van der Waals surface area contributed by atoms with E-state index in [1.807, 2.05) is 0 Å². The molecule has 2 saturated heterocycles. The Bertz CT molecular complexity index is 83.4. The molecule has 3 heteroatoms. The van der Waals surface area contributed by atoms with Gasteiger partial charge in [0.2, 0.25) is 0 Å². The molecule has 2 fully saturated rings. The average molecular weight is 127 g/mol. The molecule has 1 spiro atoms. The summed E-state index contributed by atoms with van der Waals surface area (Å²) >= 11 is 0. The normalized spacial score (nSPS) is 42.7. The molecular weight excluding hydrogens is 114 g/mol. The Labute approximate surface area is 55.2 Å². The molecule has 0 radical (unpaired) electrons. The highest BCUT2D eigenvalue weighted by molar-refractivity contribution is 4.95. The van der Waals surface area contributed by atoms with Gasteiger partial charge in [-0.3, -0.25) is 10.6 Å². The van der Waals surface area contributed by atoms with Gasteiger partial charge < -0.3 is 5.32 Å². The van der Waals surface area contributed by atoms with Crippen molar-refractivity contribution in [1.82, 2.24) is 16.0 Å². The largest absolute Gasteiger partial charge is 0.301 e. The first-order chi connectivity index (χ1) is 4.41. The van der Waals surface area contributed by atoms with Gasteiger partial charge in [0.15, 0.2) is 0 Å². The number of rotatable bonds is 0. The minimum absolute atomic E-state index is 0.278. The highest BCUT2D eigenvalue weighted by Crippen LogP contribution is 2.16. The van der Waals surface area contributed by atoms with Gasteiger partial charge in [0.1, 0.15) is 0 Å². The molecule has 3 N–H and O–H groups in total. The monoisotopic (exact) mass is 127 g/mol. The molecule has 2 rings (SSSR count). The Morgan fingerprint density at radius 3 is 2.78 bits per heavy atom. The Morgan fingerprint density at radius 2 is 2.22 bits per heavy atom. The van der Waals surface area contributed by atoms with E-state index < -0.39 is 0 Å². The van der Waals surface area contributed by atoms with E-state index in [1.165, 1.54) is 19.4 Å². The summed E-state index contributed by atoms with van der Waals surface area (Å²) in [4.78, 5) is 0. The summed E-state index contributed by atoms with van der Waals surface area (Å²) < 4.78 is 0. The first-order valence-electron chi connectivity index (χ1n) is 3.62. The van der Waals surface area contributed by atoms with Crippen LogP contribution in [-0.2, 0) is 0 Å². The second-order valence-corrected chi connectivity index (χ2v) is 2.89. The van der Waals surface area contributed by atoms with E-state index in [9.17, 15) is 0 Å². The summed E-state index contributed by atoms with van der Waals surface area (Å²) in [6.07, 6.45) is 2.59. The van der Waals surface area contributed by atoms with Gasteiger partial charge in [0.05, 0.1) is 5.66 Å². The molecule has 0 aromatic rings. The van der Waals surface area contributed by atoms with Gasteiger partial charge in [0, 0.05) is 13.2 Å². The third kappa shape index (κ3) is 0.852. The fourth-order valence-corrected chi connectivity index (χ4v) is 1.68. The Hall–Kier alpha value is -0.120. The van der Waals surface area contributed by atoms with Crippen LogP contribution < -0.4 is 16.0 Å². The van der Waals surface area contributed by atoms with Gasteiger partial charge in [0.25, 0.3) is 0 Å². The van der Waals surface area contributed by atoms with E-state index in [4.69, 9.17) is 0 Å². The first kappa shape index (κ1) is 5.65. The maximum Gasteiger partial charge on any atom is 0.0826 e. The molecule has 0 saturated carbocycles. The summed E-state index contributed by atoms with van der Waals surface area (Å²) in [6.45, 7) is 3.23. The second kappa shape index (κ2) is 1.94. The molecule has 2 aliphatic heterocycles. The van der Waals surface area contributed by atoms with Crippen LogP contribution in [0.5, 0.6) is 0 Å². The van der Waals surface area contributed by atoms with Crippen LogP contribution >= 0.6 is 0 Å². The summed E-state index contributed by atoms with van der Waals surface area (Å²) in [5.41, 5.74) is 0.278. The maximum atomic E-state index is 3.46. The molecule has 0 aromatic carbocycles. The minimum atomic E-state index is 0.278. The topological polar surface area (TPSA) is 36.1 Å². The lowest BCUT2D eigenvalue weighted by Crippen LogP contribution is -2.50. The highest BCUT2D eigenvalue weighted by atomic mass is 15.3. The van der Waals surface area contributed by atoms with Crippen molar-refractivity contribution in [1.29, 1.82) is 0 Å². The molecule has 0 aliphatic carbocycles. The molecule has 2 heterocycles. The Kier molecular flexibility index (Phi) is 1.22. The lowest BCUT2D eigenvalue weighted by molar-refractivity contribution is 0.366. The van der Waals surface area contributed by atoms with Crippen LogP contribution in [0.4, 0.5) is 0 Å². The number of hydrogen-bond donors (Lipinski definition) is 3. The Balaban J connectivity index is 2.04. The van der Waals surface area contributed by atoms with E-state index in [0.29, 0.717) is 0 Å². The van der Waals surface area contributed by atoms with Crippen LogP contribution in [0.15, 0.2) is 0 Å². The first-order valence-corrected chi connectivity index (χ1v) is 3.62. The minimum Gasteiger partial charge on any atom is -0.301 e. The van der Waals surface area contributed by atoms with Crippen molar-refractivity contribution >= 4 is 0 Å². The van der Waals surface area contributed by atoms with Crippen LogP contribution in [0.1, 0.15) is 12.8 Å². The predicted octanol–water partition coefficient (Wildman–Crippen LogP) is -0.784. The van der Waals surface area contributed by atoms with Crippen LogP contribution in [0.2, 0.25) is 0 Å². The summed E-state index contributed by atoms with van der Waals surface area (Å²) in [6, 6.07) is 0. The van der Waals surface area contributed by atoms with Crippen LogP contribution in [-0.4, -0.2) is 25.4 Å². The molecule has 1 atom stereocenters. The predicted molar refractivity (Wildman–Crippen MR) is 36.0 cm³/mol. The van der Waals surface area contributed by atoms with Crippen molar-refractivity contribution in [2.24, 2.45) is 0 Å². The quantitative estimate of drug-likeness (QED) is 0.399. The number of nitrogens with one attached hydrogen (secondary N) is 3. The van der Waals surface area contributed by atoms with Gasteiger partial charge >= 0.3 is 0 Å². The fraction of sp³-hybridized carbons (Fsp3) is 1.00. The van der Waals surface area contributed by atoms with E-state index in [1.54, 1.807) is 0 Å². The van der Waals surface area contributed by atoms with Gasteiger partial charge in [-0.1, -0.05) is 0 Å². The molecule has 0 aromatic heterocycles. The third-order valence-corrected chi connectivity index (χ3v) is 2.22. The van der Waals surface area contributed by atoms with Crippen LogP contribution in [0.25, 0.3) is 0 Å². The molecular formula is C6H13N3. The van der Waals surface area contributed by atoms with Crippen molar-refractivity contribution in [3.63, 3.8) is 0 Å². The molecule has 0 amide bonds. The van der Waals surface area contributed by atoms with E-state index in [0.717, 1.165) is 13.2 Å².